The van der Waals surface area contributed by atoms with E-state index in [1.54, 1.807) is 25.1 Å². The summed E-state index contributed by atoms with van der Waals surface area (Å²) < 4.78 is 2.52. The molecule has 10 nitrogen and oxygen atoms in total. The summed E-state index contributed by atoms with van der Waals surface area (Å²) in [6.07, 6.45) is 1.44. The number of amides is 1. The maximum atomic E-state index is 12.1. The lowest BCUT2D eigenvalue weighted by atomic mass is 10.2. The molecule has 0 saturated carbocycles. The number of halogens is 2. The molecule has 0 saturated heterocycles. The van der Waals surface area contributed by atoms with Crippen molar-refractivity contribution in [3.63, 3.8) is 0 Å². The van der Waals surface area contributed by atoms with Gasteiger partial charge in [-0.3, -0.25) is 10.1 Å². The summed E-state index contributed by atoms with van der Waals surface area (Å²) in [5, 5.41) is 22.4. The van der Waals surface area contributed by atoms with Crippen LogP contribution in [-0.2, 0) is 17.9 Å². The molecule has 0 aliphatic rings. The Hall–Kier alpha value is -2.98. The number of nitro groups is 1. The highest BCUT2D eigenvalue weighted by atomic mass is 35.5. The van der Waals surface area contributed by atoms with Crippen LogP contribution >= 0.6 is 23.2 Å². The van der Waals surface area contributed by atoms with Crippen LogP contribution < -0.4 is 5.32 Å². The van der Waals surface area contributed by atoms with Crippen molar-refractivity contribution in [2.24, 2.45) is 0 Å². The molecule has 1 amide bonds. The van der Waals surface area contributed by atoms with Gasteiger partial charge in [-0.2, -0.15) is 0 Å². The average molecular weight is 410 g/mol. The number of rotatable bonds is 6. The van der Waals surface area contributed by atoms with Crippen LogP contribution in [-0.4, -0.2) is 35.4 Å². The van der Waals surface area contributed by atoms with Crippen LogP contribution in [0.4, 0.5) is 11.8 Å². The predicted molar refractivity (Wildman–Crippen MR) is 97.8 cm³/mol. The van der Waals surface area contributed by atoms with E-state index in [1.807, 2.05) is 0 Å². The average Bonchev–Trinajstić information content (AvgIpc) is 3.17. The van der Waals surface area contributed by atoms with Gasteiger partial charge in [-0.25, -0.2) is 9.67 Å². The predicted octanol–water partition coefficient (Wildman–Crippen LogP) is 2.69. The van der Waals surface area contributed by atoms with E-state index in [0.29, 0.717) is 22.3 Å². The fraction of sp³-hybridized carbons (Fsp3) is 0.200. The van der Waals surface area contributed by atoms with E-state index in [9.17, 15) is 14.9 Å². The van der Waals surface area contributed by atoms with Gasteiger partial charge in [0, 0.05) is 0 Å². The number of benzene rings is 1. The van der Waals surface area contributed by atoms with Crippen molar-refractivity contribution in [3.8, 4) is 0 Å². The fourth-order valence-corrected chi connectivity index (χ4v) is 2.67. The first-order valence-corrected chi connectivity index (χ1v) is 8.39. The third-order valence-electron chi connectivity index (χ3n) is 3.48. The summed E-state index contributed by atoms with van der Waals surface area (Å²) in [6, 6.07) is 6.48. The largest absolute Gasteiger partial charge is 0.358 e. The van der Waals surface area contributed by atoms with E-state index in [1.165, 1.54) is 17.1 Å². The van der Waals surface area contributed by atoms with Gasteiger partial charge in [-0.05, 0) is 29.5 Å². The molecule has 3 aromatic rings. The van der Waals surface area contributed by atoms with Crippen LogP contribution in [0.25, 0.3) is 0 Å². The zero-order chi connectivity index (χ0) is 19.6. The molecule has 0 spiro atoms. The number of hydrogen-bond donors (Lipinski definition) is 1. The highest BCUT2D eigenvalue weighted by Gasteiger charge is 2.20. The molecule has 1 aromatic carbocycles. The molecule has 0 aliphatic carbocycles. The Kier molecular flexibility index (Phi) is 5.38. The smallest absolute Gasteiger partial charge is 0.345 e. The second-order valence-electron chi connectivity index (χ2n) is 5.62. The topological polar surface area (TPSA) is 121 Å². The summed E-state index contributed by atoms with van der Waals surface area (Å²) in [7, 11) is 0. The van der Waals surface area contributed by atoms with Crippen molar-refractivity contribution in [2.75, 3.05) is 5.32 Å². The first-order valence-electron chi connectivity index (χ1n) is 7.64. The monoisotopic (exact) mass is 409 g/mol. The van der Waals surface area contributed by atoms with Crippen molar-refractivity contribution in [1.29, 1.82) is 0 Å². The summed E-state index contributed by atoms with van der Waals surface area (Å²) in [6.45, 7) is 1.66. The highest BCUT2D eigenvalue weighted by molar-refractivity contribution is 6.42. The Morgan fingerprint density at radius 1 is 1.26 bits per heavy atom. The molecule has 3 rings (SSSR count). The molecule has 27 heavy (non-hydrogen) atoms. The fourth-order valence-electron chi connectivity index (χ4n) is 2.35. The van der Waals surface area contributed by atoms with Gasteiger partial charge < -0.3 is 10.1 Å². The summed E-state index contributed by atoms with van der Waals surface area (Å²) >= 11 is 11.9. The van der Waals surface area contributed by atoms with Gasteiger partial charge in [-0.15, -0.1) is 9.78 Å². The molecule has 2 aromatic heterocycles. The molecule has 0 unspecified atom stereocenters. The molecule has 1 N–H and O–H groups in total. The van der Waals surface area contributed by atoms with Gasteiger partial charge in [0.15, 0.2) is 6.54 Å². The Bertz CT molecular complexity index is 1010. The van der Waals surface area contributed by atoms with Crippen LogP contribution in [0.3, 0.4) is 0 Å². The van der Waals surface area contributed by atoms with Crippen LogP contribution in [0.1, 0.15) is 11.3 Å². The van der Waals surface area contributed by atoms with Gasteiger partial charge >= 0.3 is 5.82 Å². The molecule has 0 radical (unpaired) electrons. The van der Waals surface area contributed by atoms with E-state index in [2.05, 4.69) is 20.5 Å². The summed E-state index contributed by atoms with van der Waals surface area (Å²) in [5.74, 6) is -0.721. The minimum absolute atomic E-state index is 0.0755. The van der Waals surface area contributed by atoms with Gasteiger partial charge in [0.1, 0.15) is 6.33 Å². The van der Waals surface area contributed by atoms with E-state index >= 15 is 0 Å². The standard InChI is InChI=1S/C15H13Cl2N7O3/c1-9-4-14(24(26)27)23(20-9)7-13(25)19-15-18-8-22(21-15)6-10-2-3-11(16)12(17)5-10/h2-5,8H,6-7H2,1H3,(H,19,21,25). The molecule has 2 heterocycles. The van der Waals surface area contributed by atoms with Gasteiger partial charge in [0.2, 0.25) is 5.95 Å². The number of aromatic nitrogens is 5. The summed E-state index contributed by atoms with van der Waals surface area (Å²) in [5.41, 5.74) is 1.30. The Labute approximate surface area is 162 Å². The normalized spacial score (nSPS) is 10.8. The lowest BCUT2D eigenvalue weighted by Crippen LogP contribution is -2.21. The minimum atomic E-state index is -0.600. The molecule has 12 heteroatoms. The Morgan fingerprint density at radius 2 is 2.04 bits per heavy atom. The van der Waals surface area contributed by atoms with Gasteiger partial charge in [0.25, 0.3) is 5.91 Å². The lowest BCUT2D eigenvalue weighted by Gasteiger charge is -2.03. The minimum Gasteiger partial charge on any atom is -0.358 e. The summed E-state index contributed by atoms with van der Waals surface area (Å²) in [4.78, 5) is 26.5. The maximum Gasteiger partial charge on any atom is 0.345 e. The number of anilines is 1. The van der Waals surface area contributed by atoms with Crippen molar-refractivity contribution in [1.82, 2.24) is 24.5 Å². The van der Waals surface area contributed by atoms with Crippen molar-refractivity contribution < 1.29 is 9.72 Å². The second kappa shape index (κ2) is 7.72. The third kappa shape index (κ3) is 4.60. The van der Waals surface area contributed by atoms with Crippen LogP contribution in [0.15, 0.2) is 30.6 Å². The maximum absolute atomic E-state index is 12.1. The van der Waals surface area contributed by atoms with Gasteiger partial charge in [0.05, 0.1) is 28.4 Å². The molecule has 0 bridgehead atoms. The number of hydrogen-bond acceptors (Lipinski definition) is 6. The van der Waals surface area contributed by atoms with Crippen LogP contribution in [0, 0.1) is 17.0 Å². The van der Waals surface area contributed by atoms with E-state index in [4.69, 9.17) is 23.2 Å². The van der Waals surface area contributed by atoms with Crippen molar-refractivity contribution in [3.05, 3.63) is 62.0 Å². The highest BCUT2D eigenvalue weighted by Crippen LogP contribution is 2.23. The number of nitrogens with zero attached hydrogens (tertiary/aromatic N) is 6. The first kappa shape index (κ1) is 18.8. The zero-order valence-corrected chi connectivity index (χ0v) is 15.5. The van der Waals surface area contributed by atoms with E-state index < -0.39 is 10.8 Å². The molecule has 0 fully saturated rings. The molecular formula is C15H13Cl2N7O3. The SMILES string of the molecule is Cc1cc([N+](=O)[O-])n(CC(=O)Nc2ncn(Cc3ccc(Cl)c(Cl)c3)n2)n1. The molecular weight excluding hydrogens is 397 g/mol. The Morgan fingerprint density at radius 3 is 2.74 bits per heavy atom. The first-order chi connectivity index (χ1) is 12.8. The van der Waals surface area contributed by atoms with Crippen molar-refractivity contribution >= 4 is 40.9 Å². The van der Waals surface area contributed by atoms with Crippen LogP contribution in [0.5, 0.6) is 0 Å². The Balaban J connectivity index is 1.64. The van der Waals surface area contributed by atoms with Gasteiger partial charge in [-0.1, -0.05) is 34.4 Å². The number of carbonyl (C=O) groups excluding carboxylic acids is 1. The quantitative estimate of drug-likeness (QED) is 0.493. The molecule has 0 aliphatic heterocycles. The molecule has 140 valence electrons. The lowest BCUT2D eigenvalue weighted by molar-refractivity contribution is -0.392. The second-order valence-corrected chi connectivity index (χ2v) is 6.44. The number of carbonyl (C=O) groups is 1. The van der Waals surface area contributed by atoms with E-state index in [-0.39, 0.29) is 18.3 Å². The number of aryl methyl sites for hydroxylation is 1. The van der Waals surface area contributed by atoms with Crippen molar-refractivity contribution in [2.45, 2.75) is 20.0 Å². The third-order valence-corrected chi connectivity index (χ3v) is 4.22. The van der Waals surface area contributed by atoms with E-state index in [0.717, 1.165) is 10.2 Å². The zero-order valence-electron chi connectivity index (χ0n) is 14.0. The number of nitrogens with one attached hydrogen (secondary N) is 1. The van der Waals surface area contributed by atoms with Crippen LogP contribution in [0.2, 0.25) is 10.0 Å². The molecule has 0 atom stereocenters.